The van der Waals surface area contributed by atoms with Crippen LogP contribution in [-0.2, 0) is 6.54 Å². The molecule has 1 saturated heterocycles. The molecular weight excluding hydrogens is 332 g/mol. The average molecular weight is 356 g/mol. The summed E-state index contributed by atoms with van der Waals surface area (Å²) in [4.78, 5) is 17.8. The zero-order chi connectivity index (χ0) is 17.7. The molecule has 3 aliphatic rings. The van der Waals surface area contributed by atoms with Crippen LogP contribution in [0.3, 0.4) is 0 Å². The summed E-state index contributed by atoms with van der Waals surface area (Å²) in [5.74, 6) is 1.73. The van der Waals surface area contributed by atoms with Crippen molar-refractivity contribution in [1.29, 1.82) is 0 Å². The van der Waals surface area contributed by atoms with Crippen molar-refractivity contribution in [2.45, 2.75) is 44.2 Å². The lowest BCUT2D eigenvalue weighted by molar-refractivity contribution is -0.0968. The van der Waals surface area contributed by atoms with Crippen LogP contribution in [0, 0.1) is 5.92 Å². The minimum absolute atomic E-state index is 0.0548. The topological polar surface area (TPSA) is 74.8 Å². The van der Waals surface area contributed by atoms with E-state index in [1.807, 2.05) is 18.2 Å². The molecule has 1 aromatic carbocycles. The number of aliphatic hydroxyl groups is 1. The predicted octanol–water partition coefficient (Wildman–Crippen LogP) is 2.38. The van der Waals surface area contributed by atoms with E-state index < -0.39 is 5.60 Å². The van der Waals surface area contributed by atoms with Gasteiger partial charge in [0.25, 0.3) is 5.56 Å². The van der Waals surface area contributed by atoms with Crippen LogP contribution in [0.25, 0.3) is 10.9 Å². The molecule has 2 fully saturated rings. The summed E-state index contributed by atoms with van der Waals surface area (Å²) >= 11 is 0. The molecule has 6 nitrogen and oxygen atoms in total. The number of nitrogens with one attached hydrogen (secondary N) is 1. The molecule has 1 aliphatic carbocycles. The molecule has 3 heterocycles. The second kappa shape index (κ2) is 5.99. The van der Waals surface area contributed by atoms with Crippen molar-refractivity contribution < 1.29 is 14.6 Å². The van der Waals surface area contributed by atoms with E-state index >= 15 is 0 Å². The van der Waals surface area contributed by atoms with Gasteiger partial charge in [-0.3, -0.25) is 9.69 Å². The molecule has 0 radical (unpaired) electrons. The molecule has 0 amide bonds. The summed E-state index contributed by atoms with van der Waals surface area (Å²) < 4.78 is 10.8. The zero-order valence-corrected chi connectivity index (χ0v) is 14.8. The van der Waals surface area contributed by atoms with E-state index in [0.717, 1.165) is 61.0 Å². The predicted molar refractivity (Wildman–Crippen MR) is 97.5 cm³/mol. The Labute approximate surface area is 151 Å². The zero-order valence-electron chi connectivity index (χ0n) is 14.8. The van der Waals surface area contributed by atoms with Crippen LogP contribution in [0.2, 0.25) is 0 Å². The van der Waals surface area contributed by atoms with Crippen molar-refractivity contribution >= 4 is 10.9 Å². The third-order valence-electron chi connectivity index (χ3n) is 6.32. The molecule has 0 bridgehead atoms. The van der Waals surface area contributed by atoms with Crippen LogP contribution in [0.15, 0.2) is 23.0 Å². The highest BCUT2D eigenvalue weighted by Gasteiger charge is 2.42. The quantitative estimate of drug-likeness (QED) is 0.864. The van der Waals surface area contributed by atoms with E-state index in [4.69, 9.17) is 9.47 Å². The first-order chi connectivity index (χ1) is 12.6. The molecule has 2 N–H and O–H groups in total. The molecule has 2 aromatic rings. The van der Waals surface area contributed by atoms with Gasteiger partial charge in [-0.25, -0.2) is 0 Å². The monoisotopic (exact) mass is 356 g/mol. The first kappa shape index (κ1) is 16.1. The number of piperidine rings is 1. The number of hydrogen-bond donors (Lipinski definition) is 2. The van der Waals surface area contributed by atoms with Crippen LogP contribution in [0.1, 0.15) is 37.7 Å². The Morgan fingerprint density at radius 2 is 2.04 bits per heavy atom. The molecule has 1 saturated carbocycles. The highest BCUT2D eigenvalue weighted by molar-refractivity contribution is 5.83. The summed E-state index contributed by atoms with van der Waals surface area (Å²) in [6, 6.07) is 5.71. The van der Waals surface area contributed by atoms with Crippen LogP contribution in [-0.4, -0.2) is 40.5 Å². The van der Waals surface area contributed by atoms with Crippen molar-refractivity contribution in [1.82, 2.24) is 9.88 Å². The van der Waals surface area contributed by atoms with Gasteiger partial charge in [0.1, 0.15) is 0 Å². The molecule has 0 unspecified atom stereocenters. The van der Waals surface area contributed by atoms with Crippen LogP contribution in [0.5, 0.6) is 11.5 Å². The third kappa shape index (κ3) is 2.68. The Balaban J connectivity index is 1.40. The van der Waals surface area contributed by atoms with Crippen molar-refractivity contribution in [3.05, 3.63) is 34.1 Å². The molecule has 0 spiro atoms. The fourth-order valence-corrected chi connectivity index (χ4v) is 4.78. The van der Waals surface area contributed by atoms with E-state index in [2.05, 4.69) is 9.88 Å². The number of ether oxygens (including phenoxy) is 2. The fraction of sp³-hybridized carbons (Fsp3) is 0.550. The van der Waals surface area contributed by atoms with Gasteiger partial charge in [-0.2, -0.15) is 0 Å². The van der Waals surface area contributed by atoms with Gasteiger partial charge in [0.15, 0.2) is 11.5 Å². The van der Waals surface area contributed by atoms with Gasteiger partial charge in [0.05, 0.1) is 11.1 Å². The standard InChI is InChI=1S/C20H24N2O4/c23-19-14(7-13-8-17-18(26-12-25-17)9-16(13)21-19)10-22-6-5-20(24)4-2-1-3-15(20)11-22/h7-9,15,24H,1-6,10-12H2,(H,21,23)/t15-,20-/m0/s1. The molecule has 2 aliphatic heterocycles. The minimum Gasteiger partial charge on any atom is -0.454 e. The molecule has 6 heteroatoms. The highest BCUT2D eigenvalue weighted by atomic mass is 16.7. The van der Waals surface area contributed by atoms with Gasteiger partial charge in [-0.1, -0.05) is 12.8 Å². The maximum absolute atomic E-state index is 12.5. The molecule has 26 heavy (non-hydrogen) atoms. The number of fused-ring (bicyclic) bond motifs is 3. The van der Waals surface area contributed by atoms with E-state index in [1.165, 1.54) is 6.42 Å². The Hall–Kier alpha value is -2.05. The maximum atomic E-state index is 12.5. The lowest BCUT2D eigenvalue weighted by Gasteiger charge is -2.47. The second-order valence-corrected chi connectivity index (χ2v) is 7.95. The number of aromatic amines is 1. The summed E-state index contributed by atoms with van der Waals surface area (Å²) in [7, 11) is 0. The number of nitrogens with zero attached hydrogens (tertiary/aromatic N) is 1. The van der Waals surface area contributed by atoms with Gasteiger partial charge in [-0.15, -0.1) is 0 Å². The lowest BCUT2D eigenvalue weighted by atomic mass is 9.71. The molecule has 138 valence electrons. The number of aromatic nitrogens is 1. The normalized spacial score (nSPS) is 28.3. The van der Waals surface area contributed by atoms with Crippen LogP contribution >= 0.6 is 0 Å². The van der Waals surface area contributed by atoms with Crippen LogP contribution < -0.4 is 15.0 Å². The average Bonchev–Trinajstić information content (AvgIpc) is 3.08. The Morgan fingerprint density at radius 3 is 2.92 bits per heavy atom. The number of benzene rings is 1. The third-order valence-corrected chi connectivity index (χ3v) is 6.32. The summed E-state index contributed by atoms with van der Waals surface area (Å²) in [5, 5.41) is 11.8. The van der Waals surface area contributed by atoms with Gasteiger partial charge in [0, 0.05) is 42.6 Å². The van der Waals surface area contributed by atoms with Gasteiger partial charge >= 0.3 is 0 Å². The van der Waals surface area contributed by atoms with Crippen molar-refractivity contribution in [2.24, 2.45) is 5.92 Å². The Bertz CT molecular complexity index is 909. The Morgan fingerprint density at radius 1 is 1.19 bits per heavy atom. The number of rotatable bonds is 2. The SMILES string of the molecule is O=c1[nH]c2cc3c(cc2cc1CN1CC[C@@]2(O)CCCC[C@H]2C1)OCO3. The van der Waals surface area contributed by atoms with Gasteiger partial charge in [-0.05, 0) is 31.4 Å². The molecule has 1 aromatic heterocycles. The number of pyridine rings is 1. The smallest absolute Gasteiger partial charge is 0.252 e. The number of hydrogen-bond acceptors (Lipinski definition) is 5. The molecule has 2 atom stereocenters. The number of H-pyrrole nitrogens is 1. The Kier molecular flexibility index (Phi) is 3.72. The second-order valence-electron chi connectivity index (χ2n) is 7.95. The van der Waals surface area contributed by atoms with Crippen molar-refractivity contribution in [2.75, 3.05) is 19.9 Å². The van der Waals surface area contributed by atoms with E-state index in [-0.39, 0.29) is 12.4 Å². The van der Waals surface area contributed by atoms with Crippen LogP contribution in [0.4, 0.5) is 0 Å². The lowest BCUT2D eigenvalue weighted by Crippen LogP contribution is -2.53. The molecular formula is C20H24N2O4. The number of likely N-dealkylation sites (tertiary alicyclic amines) is 1. The van der Waals surface area contributed by atoms with Gasteiger partial charge < -0.3 is 19.6 Å². The first-order valence-electron chi connectivity index (χ1n) is 9.51. The van der Waals surface area contributed by atoms with E-state index in [0.29, 0.717) is 18.2 Å². The summed E-state index contributed by atoms with van der Waals surface area (Å²) in [5.41, 5.74) is 0.990. The van der Waals surface area contributed by atoms with Crippen molar-refractivity contribution in [3.63, 3.8) is 0 Å². The molecule has 5 rings (SSSR count). The minimum atomic E-state index is -0.484. The fourth-order valence-electron chi connectivity index (χ4n) is 4.78. The summed E-state index contributed by atoms with van der Waals surface area (Å²) in [6.45, 7) is 2.55. The summed E-state index contributed by atoms with van der Waals surface area (Å²) in [6.07, 6.45) is 5.15. The maximum Gasteiger partial charge on any atom is 0.252 e. The van der Waals surface area contributed by atoms with E-state index in [1.54, 1.807) is 0 Å². The van der Waals surface area contributed by atoms with Gasteiger partial charge in [0.2, 0.25) is 6.79 Å². The highest BCUT2D eigenvalue weighted by Crippen LogP contribution is 2.40. The largest absolute Gasteiger partial charge is 0.454 e. The van der Waals surface area contributed by atoms with E-state index in [9.17, 15) is 9.90 Å². The first-order valence-corrected chi connectivity index (χ1v) is 9.51. The van der Waals surface area contributed by atoms with Crippen molar-refractivity contribution in [3.8, 4) is 11.5 Å².